The number of rotatable bonds is 10. The first-order valence-corrected chi connectivity index (χ1v) is 8.80. The Morgan fingerprint density at radius 1 is 1.24 bits per heavy atom. The molecule has 0 spiro atoms. The van der Waals surface area contributed by atoms with E-state index in [0.29, 0.717) is 24.4 Å². The van der Waals surface area contributed by atoms with E-state index in [1.54, 1.807) is 0 Å². The van der Waals surface area contributed by atoms with Crippen molar-refractivity contribution in [2.45, 2.75) is 59.4 Å². The molecule has 0 aromatic heterocycles. The quantitative estimate of drug-likeness (QED) is 0.672. The van der Waals surface area contributed by atoms with Gasteiger partial charge in [0.1, 0.15) is 0 Å². The lowest BCUT2D eigenvalue weighted by Gasteiger charge is -2.30. The van der Waals surface area contributed by atoms with E-state index in [0.717, 1.165) is 45.6 Å². The van der Waals surface area contributed by atoms with Crippen molar-refractivity contribution in [1.82, 2.24) is 15.1 Å². The number of amides is 1. The minimum Gasteiger partial charge on any atom is -0.342 e. The van der Waals surface area contributed by atoms with Gasteiger partial charge in [0.2, 0.25) is 5.91 Å². The third-order valence-electron chi connectivity index (χ3n) is 3.96. The molecule has 1 aliphatic rings. The zero-order valence-corrected chi connectivity index (χ0v) is 14.5. The van der Waals surface area contributed by atoms with Crippen LogP contribution >= 0.6 is 0 Å². The molecule has 0 aromatic carbocycles. The molecule has 21 heavy (non-hydrogen) atoms. The van der Waals surface area contributed by atoms with E-state index in [9.17, 15) is 4.79 Å². The summed E-state index contributed by atoms with van der Waals surface area (Å²) in [5, 5.41) is 3.55. The van der Waals surface area contributed by atoms with Gasteiger partial charge in [-0.15, -0.1) is 0 Å². The van der Waals surface area contributed by atoms with Crippen LogP contribution in [0.5, 0.6) is 0 Å². The lowest BCUT2D eigenvalue weighted by Crippen LogP contribution is -2.46. The first-order valence-electron chi connectivity index (χ1n) is 8.80. The molecule has 1 fully saturated rings. The largest absolute Gasteiger partial charge is 0.342 e. The van der Waals surface area contributed by atoms with Crippen LogP contribution in [0.3, 0.4) is 0 Å². The maximum atomic E-state index is 12.6. The predicted molar refractivity (Wildman–Crippen MR) is 89.5 cm³/mol. The van der Waals surface area contributed by atoms with Gasteiger partial charge < -0.3 is 10.2 Å². The molecule has 0 aromatic rings. The number of hydrogen-bond acceptors (Lipinski definition) is 3. The van der Waals surface area contributed by atoms with E-state index in [1.807, 2.05) is 4.90 Å². The number of carbonyl (C=O) groups excluding carboxylic acids is 1. The second-order valence-corrected chi connectivity index (χ2v) is 6.76. The lowest BCUT2D eigenvalue weighted by molar-refractivity contribution is -0.132. The SMILES string of the molecule is CCCN(CCC)C(=O)CN(CC(C)C)CC1CCCN1. The Hall–Kier alpha value is -0.610. The smallest absolute Gasteiger partial charge is 0.236 e. The minimum absolute atomic E-state index is 0.303. The molecule has 1 heterocycles. The monoisotopic (exact) mass is 297 g/mol. The third kappa shape index (κ3) is 7.28. The molecule has 0 bridgehead atoms. The third-order valence-corrected chi connectivity index (χ3v) is 3.96. The van der Waals surface area contributed by atoms with Crippen LogP contribution in [0.4, 0.5) is 0 Å². The number of carbonyl (C=O) groups is 1. The summed E-state index contributed by atoms with van der Waals surface area (Å²) < 4.78 is 0. The molecular formula is C17H35N3O. The first-order chi connectivity index (χ1) is 10.1. The van der Waals surface area contributed by atoms with Crippen molar-refractivity contribution in [3.05, 3.63) is 0 Å². The second kappa shape index (κ2) is 10.2. The van der Waals surface area contributed by atoms with Gasteiger partial charge in [-0.2, -0.15) is 0 Å². The highest BCUT2D eigenvalue weighted by Crippen LogP contribution is 2.09. The molecule has 1 N–H and O–H groups in total. The van der Waals surface area contributed by atoms with Gasteiger partial charge in [0, 0.05) is 32.2 Å². The van der Waals surface area contributed by atoms with Crippen molar-refractivity contribution in [1.29, 1.82) is 0 Å². The highest BCUT2D eigenvalue weighted by Gasteiger charge is 2.22. The van der Waals surface area contributed by atoms with Crippen molar-refractivity contribution in [2.75, 3.05) is 39.3 Å². The van der Waals surface area contributed by atoms with Crippen LogP contribution in [-0.2, 0) is 4.79 Å². The molecule has 1 unspecified atom stereocenters. The van der Waals surface area contributed by atoms with Crippen LogP contribution < -0.4 is 5.32 Å². The summed E-state index contributed by atoms with van der Waals surface area (Å²) in [4.78, 5) is 16.9. The second-order valence-electron chi connectivity index (χ2n) is 6.76. The highest BCUT2D eigenvalue weighted by atomic mass is 16.2. The molecular weight excluding hydrogens is 262 g/mol. The fourth-order valence-electron chi connectivity index (χ4n) is 3.14. The zero-order valence-electron chi connectivity index (χ0n) is 14.5. The highest BCUT2D eigenvalue weighted by molar-refractivity contribution is 5.78. The number of hydrogen-bond donors (Lipinski definition) is 1. The van der Waals surface area contributed by atoms with Crippen LogP contribution in [0.25, 0.3) is 0 Å². The summed E-state index contributed by atoms with van der Waals surface area (Å²) in [6.45, 7) is 14.3. The molecule has 4 heteroatoms. The molecule has 0 radical (unpaired) electrons. The number of nitrogens with one attached hydrogen (secondary N) is 1. The van der Waals surface area contributed by atoms with Crippen molar-refractivity contribution in [3.8, 4) is 0 Å². The molecule has 0 aliphatic carbocycles. The minimum atomic E-state index is 0.303. The Morgan fingerprint density at radius 2 is 1.90 bits per heavy atom. The van der Waals surface area contributed by atoms with Crippen LogP contribution in [0.2, 0.25) is 0 Å². The normalized spacial score (nSPS) is 18.7. The Balaban J connectivity index is 2.53. The lowest BCUT2D eigenvalue weighted by atomic mass is 10.1. The van der Waals surface area contributed by atoms with Crippen molar-refractivity contribution in [2.24, 2.45) is 5.92 Å². The van der Waals surface area contributed by atoms with Crippen LogP contribution in [0, 0.1) is 5.92 Å². The molecule has 1 amide bonds. The van der Waals surface area contributed by atoms with E-state index in [1.165, 1.54) is 12.8 Å². The van der Waals surface area contributed by atoms with Gasteiger partial charge in [-0.1, -0.05) is 27.7 Å². The Morgan fingerprint density at radius 3 is 2.38 bits per heavy atom. The predicted octanol–water partition coefficient (Wildman–Crippen LogP) is 2.34. The summed E-state index contributed by atoms with van der Waals surface area (Å²) in [6.07, 6.45) is 4.60. The summed E-state index contributed by atoms with van der Waals surface area (Å²) in [6, 6.07) is 0.572. The summed E-state index contributed by atoms with van der Waals surface area (Å²) in [5.41, 5.74) is 0. The molecule has 1 aliphatic heterocycles. The Bertz CT molecular complexity index is 282. The van der Waals surface area contributed by atoms with Gasteiger partial charge in [-0.3, -0.25) is 9.69 Å². The molecule has 124 valence electrons. The standard InChI is InChI=1S/C17H35N3O/c1-5-10-20(11-6-2)17(21)14-19(12-15(3)4)13-16-8-7-9-18-16/h15-16,18H,5-14H2,1-4H3. The first kappa shape index (κ1) is 18.4. The summed E-state index contributed by atoms with van der Waals surface area (Å²) in [7, 11) is 0. The van der Waals surface area contributed by atoms with E-state index >= 15 is 0 Å². The number of nitrogens with zero attached hydrogens (tertiary/aromatic N) is 2. The Kier molecular flexibility index (Phi) is 8.93. The fourth-order valence-corrected chi connectivity index (χ4v) is 3.14. The molecule has 1 saturated heterocycles. The van der Waals surface area contributed by atoms with E-state index in [4.69, 9.17) is 0 Å². The van der Waals surface area contributed by atoms with Crippen molar-refractivity contribution in [3.63, 3.8) is 0 Å². The zero-order chi connectivity index (χ0) is 15.7. The molecule has 1 atom stereocenters. The molecule has 1 rings (SSSR count). The average molecular weight is 297 g/mol. The fraction of sp³-hybridized carbons (Fsp3) is 0.941. The topological polar surface area (TPSA) is 35.6 Å². The van der Waals surface area contributed by atoms with Gasteiger partial charge in [0.25, 0.3) is 0 Å². The Labute approximate surface area is 131 Å². The van der Waals surface area contributed by atoms with Crippen molar-refractivity contribution >= 4 is 5.91 Å². The van der Waals surface area contributed by atoms with Crippen LogP contribution in [0.1, 0.15) is 53.4 Å². The average Bonchev–Trinajstić information content (AvgIpc) is 2.90. The maximum absolute atomic E-state index is 12.6. The van der Waals surface area contributed by atoms with Crippen LogP contribution in [0.15, 0.2) is 0 Å². The van der Waals surface area contributed by atoms with Gasteiger partial charge >= 0.3 is 0 Å². The summed E-state index contributed by atoms with van der Waals surface area (Å²) >= 11 is 0. The maximum Gasteiger partial charge on any atom is 0.236 e. The van der Waals surface area contributed by atoms with Gasteiger partial charge in [0.15, 0.2) is 0 Å². The van der Waals surface area contributed by atoms with Crippen LogP contribution in [-0.4, -0.2) is 61.0 Å². The van der Waals surface area contributed by atoms with Crippen molar-refractivity contribution < 1.29 is 4.79 Å². The van der Waals surface area contributed by atoms with Gasteiger partial charge in [0.05, 0.1) is 6.54 Å². The molecule has 0 saturated carbocycles. The van der Waals surface area contributed by atoms with E-state index in [-0.39, 0.29) is 0 Å². The van der Waals surface area contributed by atoms with E-state index < -0.39 is 0 Å². The summed E-state index contributed by atoms with van der Waals surface area (Å²) in [5.74, 6) is 0.905. The van der Waals surface area contributed by atoms with Gasteiger partial charge in [-0.25, -0.2) is 0 Å². The van der Waals surface area contributed by atoms with Gasteiger partial charge in [-0.05, 0) is 38.1 Å². The molecule has 4 nitrogen and oxygen atoms in total. The van der Waals surface area contributed by atoms with E-state index in [2.05, 4.69) is 37.9 Å².